The Bertz CT molecular complexity index is 184. The summed E-state index contributed by atoms with van der Waals surface area (Å²) in [7, 11) is 0. The Morgan fingerprint density at radius 2 is 1.54 bits per heavy atom. The molecule has 0 spiro atoms. The van der Waals surface area contributed by atoms with Gasteiger partial charge in [0.05, 0.1) is 0 Å². The van der Waals surface area contributed by atoms with Crippen molar-refractivity contribution in [3.63, 3.8) is 0 Å². The van der Waals surface area contributed by atoms with E-state index in [2.05, 4.69) is 27.7 Å². The molecule has 0 saturated heterocycles. The van der Waals surface area contributed by atoms with Gasteiger partial charge in [-0.1, -0.05) is 40.5 Å². The lowest BCUT2D eigenvalue weighted by Crippen LogP contribution is -2.16. The van der Waals surface area contributed by atoms with E-state index >= 15 is 0 Å². The van der Waals surface area contributed by atoms with Gasteiger partial charge >= 0.3 is 0 Å². The van der Waals surface area contributed by atoms with Gasteiger partial charge in [-0.15, -0.1) is 0 Å². The van der Waals surface area contributed by atoms with E-state index in [1.54, 1.807) is 0 Å². The molecule has 6 unspecified atom stereocenters. The van der Waals surface area contributed by atoms with E-state index in [0.717, 1.165) is 35.5 Å². The Balaban J connectivity index is 2.04. The zero-order chi connectivity index (χ0) is 9.59. The molecule has 0 radical (unpaired) electrons. The molecule has 2 rings (SSSR count). The highest BCUT2D eigenvalue weighted by Crippen LogP contribution is 2.57. The van der Waals surface area contributed by atoms with Crippen LogP contribution in [0.15, 0.2) is 0 Å². The van der Waals surface area contributed by atoms with E-state index in [1.807, 2.05) is 0 Å². The second kappa shape index (κ2) is 3.29. The summed E-state index contributed by atoms with van der Waals surface area (Å²) in [5.74, 6) is 6.17. The molecule has 2 saturated carbocycles. The van der Waals surface area contributed by atoms with Crippen LogP contribution in [0, 0.1) is 35.5 Å². The predicted molar refractivity (Wildman–Crippen MR) is 57.5 cm³/mol. The van der Waals surface area contributed by atoms with Crippen LogP contribution in [-0.2, 0) is 0 Å². The molecule has 2 aliphatic rings. The van der Waals surface area contributed by atoms with E-state index in [1.165, 1.54) is 19.3 Å². The van der Waals surface area contributed by atoms with Crippen LogP contribution in [0.4, 0.5) is 0 Å². The van der Waals surface area contributed by atoms with Crippen LogP contribution < -0.4 is 0 Å². The lowest BCUT2D eigenvalue weighted by molar-refractivity contribution is 0.253. The largest absolute Gasteiger partial charge is 0.0625 e. The molecule has 0 bridgehead atoms. The molecular weight excluding hydrogens is 156 g/mol. The Hall–Kier alpha value is 0. The third-order valence-electron chi connectivity index (χ3n) is 4.93. The fourth-order valence-electron chi connectivity index (χ4n) is 3.59. The molecular formula is C13H24. The quantitative estimate of drug-likeness (QED) is 0.529. The number of hydrogen-bond acceptors (Lipinski definition) is 0. The minimum Gasteiger partial charge on any atom is -0.0625 e. The second-order valence-corrected chi connectivity index (χ2v) is 5.85. The molecule has 13 heavy (non-hydrogen) atoms. The van der Waals surface area contributed by atoms with Crippen LogP contribution in [0.5, 0.6) is 0 Å². The Kier molecular flexibility index (Phi) is 2.42. The third-order valence-corrected chi connectivity index (χ3v) is 4.93. The summed E-state index contributed by atoms with van der Waals surface area (Å²) in [5.41, 5.74) is 0. The van der Waals surface area contributed by atoms with Gasteiger partial charge in [-0.2, -0.15) is 0 Å². The zero-order valence-corrected chi connectivity index (χ0v) is 9.59. The van der Waals surface area contributed by atoms with Crippen molar-refractivity contribution in [2.75, 3.05) is 0 Å². The predicted octanol–water partition coefficient (Wildman–Crippen LogP) is 3.96. The number of fused-ring (bicyclic) bond motifs is 1. The van der Waals surface area contributed by atoms with E-state index in [-0.39, 0.29) is 0 Å². The van der Waals surface area contributed by atoms with E-state index in [0.29, 0.717) is 0 Å². The molecule has 0 heteroatoms. The monoisotopic (exact) mass is 180 g/mol. The Morgan fingerprint density at radius 1 is 0.846 bits per heavy atom. The van der Waals surface area contributed by atoms with Crippen LogP contribution in [-0.4, -0.2) is 0 Å². The second-order valence-electron chi connectivity index (χ2n) is 5.85. The van der Waals surface area contributed by atoms with Crippen molar-refractivity contribution >= 4 is 0 Å². The van der Waals surface area contributed by atoms with Crippen LogP contribution in [0.1, 0.15) is 47.0 Å². The molecule has 2 fully saturated rings. The lowest BCUT2D eigenvalue weighted by Gasteiger charge is -2.25. The average Bonchev–Trinajstić information content (AvgIpc) is 2.69. The molecule has 0 nitrogen and oxygen atoms in total. The topological polar surface area (TPSA) is 0 Å². The van der Waals surface area contributed by atoms with Gasteiger partial charge in [0.15, 0.2) is 0 Å². The summed E-state index contributed by atoms with van der Waals surface area (Å²) in [5, 5.41) is 0. The maximum Gasteiger partial charge on any atom is -0.0326 e. The SMILES string of the molecule is CC1CCC(C)C(C)C2C(C)C2C1. The van der Waals surface area contributed by atoms with Gasteiger partial charge < -0.3 is 0 Å². The summed E-state index contributed by atoms with van der Waals surface area (Å²) in [6, 6.07) is 0. The van der Waals surface area contributed by atoms with Crippen LogP contribution in [0.25, 0.3) is 0 Å². The lowest BCUT2D eigenvalue weighted by atomic mass is 9.81. The number of rotatable bonds is 0. The van der Waals surface area contributed by atoms with Crippen molar-refractivity contribution < 1.29 is 0 Å². The third kappa shape index (κ3) is 1.65. The van der Waals surface area contributed by atoms with Gasteiger partial charge in [0.2, 0.25) is 0 Å². The maximum absolute atomic E-state index is 2.49. The van der Waals surface area contributed by atoms with E-state index in [4.69, 9.17) is 0 Å². The molecule has 0 aromatic carbocycles. The highest BCUT2D eigenvalue weighted by Gasteiger charge is 2.51. The van der Waals surface area contributed by atoms with Crippen molar-refractivity contribution in [3.8, 4) is 0 Å². The van der Waals surface area contributed by atoms with Gasteiger partial charge in [-0.05, 0) is 41.9 Å². The van der Waals surface area contributed by atoms with Crippen molar-refractivity contribution in [1.82, 2.24) is 0 Å². The summed E-state index contributed by atoms with van der Waals surface area (Å²) in [6.45, 7) is 9.87. The standard InChI is InChI=1S/C13H24/c1-8-5-6-9(2)10(3)13-11(4)12(13)7-8/h8-13H,5-7H2,1-4H3. The summed E-state index contributed by atoms with van der Waals surface area (Å²) in [4.78, 5) is 0. The van der Waals surface area contributed by atoms with Gasteiger partial charge in [0.25, 0.3) is 0 Å². The minimum absolute atomic E-state index is 0.972. The summed E-state index contributed by atoms with van der Waals surface area (Å²) in [6.07, 6.45) is 4.46. The fourth-order valence-corrected chi connectivity index (χ4v) is 3.59. The Morgan fingerprint density at radius 3 is 2.23 bits per heavy atom. The molecule has 0 heterocycles. The van der Waals surface area contributed by atoms with E-state index in [9.17, 15) is 0 Å². The number of hydrogen-bond donors (Lipinski definition) is 0. The first-order valence-electron chi connectivity index (χ1n) is 6.11. The summed E-state index contributed by atoms with van der Waals surface area (Å²) < 4.78 is 0. The van der Waals surface area contributed by atoms with Crippen LogP contribution in [0.3, 0.4) is 0 Å². The molecule has 0 aliphatic heterocycles. The van der Waals surface area contributed by atoms with Crippen molar-refractivity contribution in [1.29, 1.82) is 0 Å². The van der Waals surface area contributed by atoms with Crippen molar-refractivity contribution in [2.45, 2.75) is 47.0 Å². The van der Waals surface area contributed by atoms with Gasteiger partial charge in [0, 0.05) is 0 Å². The normalized spacial score (nSPS) is 56.3. The van der Waals surface area contributed by atoms with E-state index < -0.39 is 0 Å². The van der Waals surface area contributed by atoms with Gasteiger partial charge in [-0.3, -0.25) is 0 Å². The molecule has 0 aromatic heterocycles. The Labute approximate surface area is 83.1 Å². The van der Waals surface area contributed by atoms with Gasteiger partial charge in [0.1, 0.15) is 0 Å². The van der Waals surface area contributed by atoms with Crippen molar-refractivity contribution in [2.24, 2.45) is 35.5 Å². The molecule has 0 amide bonds. The summed E-state index contributed by atoms with van der Waals surface area (Å²) >= 11 is 0. The van der Waals surface area contributed by atoms with Crippen molar-refractivity contribution in [3.05, 3.63) is 0 Å². The fraction of sp³-hybridized carbons (Fsp3) is 1.00. The molecule has 6 atom stereocenters. The smallest absolute Gasteiger partial charge is 0.0326 e. The average molecular weight is 180 g/mol. The maximum atomic E-state index is 2.49. The van der Waals surface area contributed by atoms with Crippen LogP contribution in [0.2, 0.25) is 0 Å². The first kappa shape index (κ1) is 9.55. The molecule has 0 N–H and O–H groups in total. The van der Waals surface area contributed by atoms with Gasteiger partial charge in [-0.25, -0.2) is 0 Å². The highest BCUT2D eigenvalue weighted by molar-refractivity contribution is 4.99. The first-order chi connectivity index (χ1) is 6.11. The highest BCUT2D eigenvalue weighted by atomic mass is 14.6. The van der Waals surface area contributed by atoms with Crippen LogP contribution >= 0.6 is 0 Å². The first-order valence-corrected chi connectivity index (χ1v) is 6.11. The zero-order valence-electron chi connectivity index (χ0n) is 9.59. The minimum atomic E-state index is 0.972. The molecule has 2 aliphatic carbocycles. The molecule has 0 aromatic rings. The molecule has 76 valence electrons.